The molecule has 1 saturated carbocycles. The molecule has 0 aromatic heterocycles. The fourth-order valence-corrected chi connectivity index (χ4v) is 6.46. The van der Waals surface area contributed by atoms with Gasteiger partial charge >= 0.3 is 0 Å². The molecule has 162 valence electrons. The van der Waals surface area contributed by atoms with Gasteiger partial charge in [-0.1, -0.05) is 49.6 Å². The van der Waals surface area contributed by atoms with Gasteiger partial charge in [-0.15, -0.1) is 0 Å². The van der Waals surface area contributed by atoms with Crippen LogP contribution in [0.1, 0.15) is 43.7 Å². The Morgan fingerprint density at radius 1 is 1.00 bits per heavy atom. The van der Waals surface area contributed by atoms with Gasteiger partial charge in [-0.3, -0.25) is 4.84 Å². The summed E-state index contributed by atoms with van der Waals surface area (Å²) < 4.78 is 34.6. The average molecular weight is 431 g/mol. The zero-order valence-electron chi connectivity index (χ0n) is 17.6. The lowest BCUT2D eigenvalue weighted by Gasteiger charge is -2.33. The zero-order chi connectivity index (χ0) is 21.1. The molecule has 2 aromatic carbocycles. The third kappa shape index (κ3) is 4.39. The summed E-state index contributed by atoms with van der Waals surface area (Å²) in [6, 6.07) is 16.9. The maximum Gasteiger partial charge on any atom is 0.221 e. The molecule has 0 bridgehead atoms. The first-order valence-electron chi connectivity index (χ1n) is 10.6. The van der Waals surface area contributed by atoms with Crippen molar-refractivity contribution in [2.24, 2.45) is 0 Å². The number of hydrogen-bond donors (Lipinski definition) is 0. The Hall–Kier alpha value is -1.93. The Bertz CT molecular complexity index is 945. The molecule has 0 radical (unpaired) electrons. The number of benzene rings is 2. The Morgan fingerprint density at radius 2 is 1.70 bits per heavy atom. The number of para-hydroxylation sites is 1. The number of hydroxylamine groups is 2. The largest absolute Gasteiger partial charge is 0.457 e. The van der Waals surface area contributed by atoms with Crippen molar-refractivity contribution in [3.63, 3.8) is 0 Å². The maximum atomic E-state index is 13.5. The van der Waals surface area contributed by atoms with Crippen molar-refractivity contribution in [2.75, 3.05) is 20.7 Å². The van der Waals surface area contributed by atoms with E-state index in [4.69, 9.17) is 9.57 Å². The lowest BCUT2D eigenvalue weighted by molar-refractivity contribution is -0.110. The van der Waals surface area contributed by atoms with E-state index in [2.05, 4.69) is 0 Å². The van der Waals surface area contributed by atoms with Crippen molar-refractivity contribution in [3.05, 3.63) is 60.2 Å². The predicted octanol–water partition coefficient (Wildman–Crippen LogP) is 4.36. The topological polar surface area (TPSA) is 59.1 Å². The van der Waals surface area contributed by atoms with Crippen LogP contribution in [-0.4, -0.2) is 49.8 Å². The van der Waals surface area contributed by atoms with E-state index in [-0.39, 0.29) is 18.7 Å². The van der Waals surface area contributed by atoms with E-state index in [9.17, 15) is 8.42 Å². The average Bonchev–Trinajstić information content (AvgIpc) is 3.17. The lowest BCUT2D eigenvalue weighted by atomic mass is 9.96. The Balaban J connectivity index is 1.58. The van der Waals surface area contributed by atoms with Crippen LogP contribution in [0, 0.1) is 0 Å². The third-order valence-corrected chi connectivity index (χ3v) is 8.50. The summed E-state index contributed by atoms with van der Waals surface area (Å²) in [6.45, 7) is 0.157. The molecule has 1 saturated heterocycles. The molecule has 0 spiro atoms. The monoisotopic (exact) mass is 430 g/mol. The second kappa shape index (κ2) is 9.06. The summed E-state index contributed by atoms with van der Waals surface area (Å²) in [4.78, 5) is 5.70. The van der Waals surface area contributed by atoms with E-state index in [1.165, 1.54) is 6.42 Å². The minimum absolute atomic E-state index is 0.0862. The number of rotatable bonds is 6. The SMILES string of the molecule is CN1OCC(S(=O)(=O)N(C)C2CCCCC2)C1c1cccc(Oc2ccccc2)c1. The van der Waals surface area contributed by atoms with Crippen molar-refractivity contribution in [1.82, 2.24) is 9.37 Å². The number of ether oxygens (including phenoxy) is 1. The van der Waals surface area contributed by atoms with Crippen LogP contribution in [0.25, 0.3) is 0 Å². The van der Waals surface area contributed by atoms with Crippen molar-refractivity contribution < 1.29 is 18.0 Å². The van der Waals surface area contributed by atoms with Crippen LogP contribution >= 0.6 is 0 Å². The molecule has 2 aromatic rings. The molecule has 7 heteroatoms. The van der Waals surface area contributed by atoms with Crippen molar-refractivity contribution in [2.45, 2.75) is 49.4 Å². The molecule has 1 aliphatic carbocycles. The second-order valence-electron chi connectivity index (χ2n) is 8.17. The van der Waals surface area contributed by atoms with E-state index < -0.39 is 15.3 Å². The first-order valence-corrected chi connectivity index (χ1v) is 12.1. The Labute approximate surface area is 179 Å². The molecule has 6 nitrogen and oxygen atoms in total. The summed E-state index contributed by atoms with van der Waals surface area (Å²) in [6.07, 6.45) is 5.24. The highest BCUT2D eigenvalue weighted by Crippen LogP contribution is 2.38. The first-order chi connectivity index (χ1) is 14.5. The summed E-state index contributed by atoms with van der Waals surface area (Å²) in [7, 11) is 0.0145. The predicted molar refractivity (Wildman–Crippen MR) is 117 cm³/mol. The molecule has 4 rings (SSSR count). The minimum atomic E-state index is -3.51. The van der Waals surface area contributed by atoms with Crippen molar-refractivity contribution >= 4 is 10.0 Å². The van der Waals surface area contributed by atoms with E-state index in [0.29, 0.717) is 5.75 Å². The first kappa shape index (κ1) is 21.3. The van der Waals surface area contributed by atoms with Gasteiger partial charge in [0, 0.05) is 20.1 Å². The molecule has 2 unspecified atom stereocenters. The highest BCUT2D eigenvalue weighted by molar-refractivity contribution is 7.89. The van der Waals surface area contributed by atoms with Crippen LogP contribution in [0.4, 0.5) is 0 Å². The van der Waals surface area contributed by atoms with E-state index in [0.717, 1.165) is 37.0 Å². The summed E-state index contributed by atoms with van der Waals surface area (Å²) in [5.74, 6) is 1.42. The number of sulfonamides is 1. The van der Waals surface area contributed by atoms with Gasteiger partial charge in [0.05, 0.1) is 12.6 Å². The van der Waals surface area contributed by atoms with Gasteiger partial charge in [0.1, 0.15) is 16.7 Å². The highest BCUT2D eigenvalue weighted by Gasteiger charge is 2.46. The maximum absolute atomic E-state index is 13.5. The molecular formula is C23H30N2O4S. The Morgan fingerprint density at radius 3 is 2.43 bits per heavy atom. The van der Waals surface area contributed by atoms with Crippen LogP contribution in [0.5, 0.6) is 11.5 Å². The van der Waals surface area contributed by atoms with Gasteiger partial charge in [-0.05, 0) is 42.7 Å². The van der Waals surface area contributed by atoms with Gasteiger partial charge in [-0.25, -0.2) is 12.7 Å². The van der Waals surface area contributed by atoms with E-state index in [1.807, 2.05) is 54.6 Å². The second-order valence-corrected chi connectivity index (χ2v) is 10.4. The molecule has 1 heterocycles. The molecule has 0 N–H and O–H groups in total. The van der Waals surface area contributed by atoms with E-state index >= 15 is 0 Å². The normalized spacial score (nSPS) is 23.7. The summed E-state index contributed by atoms with van der Waals surface area (Å²) >= 11 is 0. The van der Waals surface area contributed by atoms with Crippen molar-refractivity contribution in [3.8, 4) is 11.5 Å². The van der Waals surface area contributed by atoms with Crippen LogP contribution in [0.3, 0.4) is 0 Å². The summed E-state index contributed by atoms with van der Waals surface area (Å²) in [5.41, 5.74) is 0.869. The van der Waals surface area contributed by atoms with Crippen LogP contribution < -0.4 is 4.74 Å². The molecule has 0 amide bonds. The van der Waals surface area contributed by atoms with Gasteiger partial charge in [0.15, 0.2) is 0 Å². The molecule has 30 heavy (non-hydrogen) atoms. The fraction of sp³-hybridized carbons (Fsp3) is 0.478. The molecule has 2 fully saturated rings. The van der Waals surface area contributed by atoms with Gasteiger partial charge in [-0.2, -0.15) is 5.06 Å². The Kier molecular flexibility index (Phi) is 6.43. The zero-order valence-corrected chi connectivity index (χ0v) is 18.4. The van der Waals surface area contributed by atoms with Crippen molar-refractivity contribution in [1.29, 1.82) is 0 Å². The quantitative estimate of drug-likeness (QED) is 0.682. The van der Waals surface area contributed by atoms with Crippen LogP contribution in [0.15, 0.2) is 54.6 Å². The van der Waals surface area contributed by atoms with Gasteiger partial charge in [0.2, 0.25) is 10.0 Å². The van der Waals surface area contributed by atoms with Crippen LogP contribution in [-0.2, 0) is 14.9 Å². The molecule has 2 atom stereocenters. The highest BCUT2D eigenvalue weighted by atomic mass is 32.2. The van der Waals surface area contributed by atoms with Gasteiger partial charge in [0.25, 0.3) is 0 Å². The van der Waals surface area contributed by atoms with Crippen LogP contribution in [0.2, 0.25) is 0 Å². The standard InChI is InChI=1S/C23H30N2O4S/c1-24-23(18-10-9-15-21(16-18)29-20-13-7-4-8-14-20)22(17-28-24)30(26,27)25(2)19-11-5-3-6-12-19/h4,7-10,13-16,19,22-23H,3,5-6,11-12,17H2,1-2H3. The lowest BCUT2D eigenvalue weighted by Crippen LogP contribution is -2.45. The number of hydrogen-bond acceptors (Lipinski definition) is 5. The minimum Gasteiger partial charge on any atom is -0.457 e. The number of nitrogens with zero attached hydrogens (tertiary/aromatic N) is 2. The summed E-state index contributed by atoms with van der Waals surface area (Å²) in [5, 5.41) is 1.01. The molecular weight excluding hydrogens is 400 g/mol. The van der Waals surface area contributed by atoms with E-state index in [1.54, 1.807) is 23.5 Å². The third-order valence-electron chi connectivity index (χ3n) is 6.24. The smallest absolute Gasteiger partial charge is 0.221 e. The fourth-order valence-electron chi connectivity index (χ4n) is 4.52. The molecule has 1 aliphatic heterocycles. The van der Waals surface area contributed by atoms with Gasteiger partial charge < -0.3 is 4.74 Å². The molecule has 2 aliphatic rings.